The van der Waals surface area contributed by atoms with E-state index in [2.05, 4.69) is 5.32 Å². The number of morpholine rings is 1. The fourth-order valence-corrected chi connectivity index (χ4v) is 6.31. The number of hydrogen-bond donors (Lipinski definition) is 1. The van der Waals surface area contributed by atoms with Crippen molar-refractivity contribution in [3.8, 4) is 0 Å². The average Bonchev–Trinajstić information content (AvgIpc) is 2.85. The van der Waals surface area contributed by atoms with E-state index in [1.165, 1.54) is 34.0 Å². The molecule has 0 aromatic carbocycles. The zero-order chi connectivity index (χ0) is 18.7. The Kier molecular flexibility index (Phi) is 6.37. The number of sulfonamides is 1. The number of nitrogens with one attached hydrogen (secondary N) is 1. The van der Waals surface area contributed by atoms with Gasteiger partial charge in [-0.25, -0.2) is 8.42 Å². The largest absolute Gasteiger partial charge is 0.373 e. The first-order valence-corrected chi connectivity index (χ1v) is 11.8. The highest BCUT2D eigenvalue weighted by atomic mass is 32.2. The van der Waals surface area contributed by atoms with Gasteiger partial charge in [-0.05, 0) is 51.2 Å². The predicted molar refractivity (Wildman–Crippen MR) is 103 cm³/mol. The fraction of sp³-hybridized carbons (Fsp3) is 0.722. The number of aryl methyl sites for hydroxylation is 2. The molecule has 1 aromatic heterocycles. The van der Waals surface area contributed by atoms with Crippen LogP contribution in [0, 0.1) is 0 Å². The summed E-state index contributed by atoms with van der Waals surface area (Å²) >= 11 is 1.55. The topological polar surface area (TPSA) is 75.7 Å². The van der Waals surface area contributed by atoms with Crippen LogP contribution in [0.5, 0.6) is 0 Å². The molecule has 1 aromatic rings. The molecule has 146 valence electrons. The number of carbonyl (C=O) groups is 1. The minimum Gasteiger partial charge on any atom is -0.373 e. The quantitative estimate of drug-likeness (QED) is 0.769. The van der Waals surface area contributed by atoms with Crippen LogP contribution in [0.25, 0.3) is 0 Å². The van der Waals surface area contributed by atoms with Gasteiger partial charge in [-0.2, -0.15) is 4.31 Å². The molecule has 1 saturated heterocycles. The number of thiophene rings is 1. The van der Waals surface area contributed by atoms with E-state index in [4.69, 9.17) is 4.74 Å². The van der Waals surface area contributed by atoms with Gasteiger partial charge in [-0.15, -0.1) is 11.3 Å². The molecule has 0 spiro atoms. The lowest BCUT2D eigenvalue weighted by atomic mass is 10.1. The van der Waals surface area contributed by atoms with Gasteiger partial charge in [0.25, 0.3) is 5.91 Å². The maximum Gasteiger partial charge on any atom is 0.261 e. The minimum absolute atomic E-state index is 0.0801. The summed E-state index contributed by atoms with van der Waals surface area (Å²) in [6.07, 6.45) is 5.49. The highest BCUT2D eigenvalue weighted by molar-refractivity contribution is 7.89. The number of amides is 1. The van der Waals surface area contributed by atoms with Crippen molar-refractivity contribution in [2.75, 3.05) is 25.4 Å². The smallest absolute Gasteiger partial charge is 0.261 e. The molecule has 8 heteroatoms. The zero-order valence-corrected chi connectivity index (χ0v) is 17.1. The second kappa shape index (κ2) is 8.37. The molecule has 0 unspecified atom stereocenters. The summed E-state index contributed by atoms with van der Waals surface area (Å²) in [7, 11) is -3.39. The normalized spacial score (nSPS) is 24.7. The molecule has 0 bridgehead atoms. The summed E-state index contributed by atoms with van der Waals surface area (Å²) in [6, 6.07) is 1.99. The van der Waals surface area contributed by atoms with Crippen LogP contribution >= 0.6 is 11.3 Å². The van der Waals surface area contributed by atoms with Gasteiger partial charge < -0.3 is 10.1 Å². The van der Waals surface area contributed by atoms with Gasteiger partial charge in [-0.3, -0.25) is 4.79 Å². The molecule has 1 N–H and O–H groups in total. The van der Waals surface area contributed by atoms with Crippen LogP contribution < -0.4 is 5.32 Å². The van der Waals surface area contributed by atoms with Crippen molar-refractivity contribution in [3.05, 3.63) is 21.4 Å². The number of hydrogen-bond acceptors (Lipinski definition) is 5. The van der Waals surface area contributed by atoms with E-state index < -0.39 is 10.0 Å². The van der Waals surface area contributed by atoms with Gasteiger partial charge in [-0.1, -0.05) is 6.42 Å². The molecule has 6 nitrogen and oxygen atoms in total. The van der Waals surface area contributed by atoms with Crippen molar-refractivity contribution in [1.82, 2.24) is 9.62 Å². The molecule has 3 rings (SSSR count). The van der Waals surface area contributed by atoms with Crippen molar-refractivity contribution in [2.45, 2.75) is 58.2 Å². The van der Waals surface area contributed by atoms with E-state index >= 15 is 0 Å². The van der Waals surface area contributed by atoms with Crippen LogP contribution in [-0.4, -0.2) is 56.2 Å². The molecule has 26 heavy (non-hydrogen) atoms. The third-order valence-corrected chi connectivity index (χ3v) is 7.94. The summed E-state index contributed by atoms with van der Waals surface area (Å²) < 4.78 is 32.1. The molecule has 2 aliphatic rings. The van der Waals surface area contributed by atoms with Crippen LogP contribution in [0.1, 0.15) is 53.2 Å². The van der Waals surface area contributed by atoms with Crippen molar-refractivity contribution < 1.29 is 17.9 Å². The minimum atomic E-state index is -3.39. The number of ether oxygens (including phenoxy) is 1. The van der Waals surface area contributed by atoms with Gasteiger partial charge in [0.2, 0.25) is 10.0 Å². The Balaban J connectivity index is 1.53. The van der Waals surface area contributed by atoms with Crippen LogP contribution in [0.4, 0.5) is 0 Å². The molecular formula is C18H28N2O4S2. The third-order valence-electron chi connectivity index (χ3n) is 4.90. The molecule has 0 radical (unpaired) electrons. The zero-order valence-electron chi connectivity index (χ0n) is 15.5. The summed E-state index contributed by atoms with van der Waals surface area (Å²) in [5, 5.41) is 2.78. The van der Waals surface area contributed by atoms with Crippen molar-refractivity contribution >= 4 is 27.3 Å². The van der Waals surface area contributed by atoms with Crippen LogP contribution in [0.3, 0.4) is 0 Å². The van der Waals surface area contributed by atoms with Crippen molar-refractivity contribution in [3.63, 3.8) is 0 Å². The van der Waals surface area contributed by atoms with E-state index in [-0.39, 0.29) is 30.4 Å². The maximum atomic E-state index is 12.5. The van der Waals surface area contributed by atoms with Crippen molar-refractivity contribution in [1.29, 1.82) is 0 Å². The summed E-state index contributed by atoms with van der Waals surface area (Å²) in [4.78, 5) is 14.4. The second-order valence-corrected chi connectivity index (χ2v) is 10.5. The molecular weight excluding hydrogens is 372 g/mol. The Hall–Kier alpha value is -0.960. The Morgan fingerprint density at radius 3 is 2.65 bits per heavy atom. The number of nitrogens with zero attached hydrogens (tertiary/aromatic N) is 1. The molecule has 1 fully saturated rings. The first-order valence-electron chi connectivity index (χ1n) is 9.38. The van der Waals surface area contributed by atoms with E-state index in [1.54, 1.807) is 11.3 Å². The molecule has 2 atom stereocenters. The van der Waals surface area contributed by atoms with Gasteiger partial charge in [0, 0.05) is 24.5 Å². The van der Waals surface area contributed by atoms with E-state index in [0.717, 1.165) is 12.8 Å². The van der Waals surface area contributed by atoms with Crippen LogP contribution in [-0.2, 0) is 27.6 Å². The second-order valence-electron chi connectivity index (χ2n) is 7.27. The molecule has 1 aliphatic carbocycles. The lowest BCUT2D eigenvalue weighted by Crippen LogP contribution is -2.49. The Morgan fingerprint density at radius 2 is 1.92 bits per heavy atom. The lowest BCUT2D eigenvalue weighted by molar-refractivity contribution is -0.0440. The Morgan fingerprint density at radius 1 is 1.23 bits per heavy atom. The summed E-state index contributed by atoms with van der Waals surface area (Å²) in [6.45, 7) is 4.63. The number of rotatable bonds is 5. The molecule has 0 saturated carbocycles. The standard InChI is InChI=1S/C18H28N2O4S2/c1-13-11-20(12-14(2)24-13)26(22,23)9-8-19-18(21)17-10-15-6-4-3-5-7-16(15)25-17/h10,13-14H,3-9,11-12H2,1-2H3,(H,19,21)/t13-,14-/m0/s1. The summed E-state index contributed by atoms with van der Waals surface area (Å²) in [5.74, 6) is -0.245. The predicted octanol–water partition coefficient (Wildman–Crippen LogP) is 2.19. The molecule has 1 amide bonds. The third kappa shape index (κ3) is 4.85. The Bertz CT molecular complexity index is 711. The van der Waals surface area contributed by atoms with Crippen LogP contribution in [0.15, 0.2) is 6.07 Å². The lowest BCUT2D eigenvalue weighted by Gasteiger charge is -2.34. The highest BCUT2D eigenvalue weighted by Gasteiger charge is 2.30. The number of carbonyl (C=O) groups excluding carboxylic acids is 1. The van der Waals surface area contributed by atoms with Gasteiger partial charge in [0.15, 0.2) is 0 Å². The molecule has 1 aliphatic heterocycles. The van der Waals surface area contributed by atoms with Crippen molar-refractivity contribution in [2.24, 2.45) is 0 Å². The molecule has 2 heterocycles. The van der Waals surface area contributed by atoms with Gasteiger partial charge >= 0.3 is 0 Å². The summed E-state index contributed by atoms with van der Waals surface area (Å²) in [5.41, 5.74) is 1.29. The number of fused-ring (bicyclic) bond motifs is 1. The first kappa shape index (κ1) is 19.8. The Labute approximate surface area is 160 Å². The average molecular weight is 401 g/mol. The maximum absolute atomic E-state index is 12.5. The van der Waals surface area contributed by atoms with Gasteiger partial charge in [0.05, 0.1) is 22.8 Å². The van der Waals surface area contributed by atoms with E-state index in [1.807, 2.05) is 19.9 Å². The first-order chi connectivity index (χ1) is 12.3. The van der Waals surface area contributed by atoms with E-state index in [0.29, 0.717) is 18.0 Å². The van der Waals surface area contributed by atoms with Crippen LogP contribution in [0.2, 0.25) is 0 Å². The highest BCUT2D eigenvalue weighted by Crippen LogP contribution is 2.28. The monoisotopic (exact) mass is 400 g/mol. The van der Waals surface area contributed by atoms with Gasteiger partial charge in [0.1, 0.15) is 0 Å². The SMILES string of the molecule is C[C@H]1CN(S(=O)(=O)CCNC(=O)c2cc3c(s2)CCCCC3)C[C@H](C)O1. The fourth-order valence-electron chi connectivity index (χ4n) is 3.65. The van der Waals surface area contributed by atoms with E-state index in [9.17, 15) is 13.2 Å².